The second-order valence-corrected chi connectivity index (χ2v) is 6.34. The van der Waals surface area contributed by atoms with Crippen molar-refractivity contribution in [2.24, 2.45) is 5.92 Å². The summed E-state index contributed by atoms with van der Waals surface area (Å²) >= 11 is 0. The van der Waals surface area contributed by atoms with E-state index < -0.39 is 6.61 Å². The molecule has 1 aromatic carbocycles. The van der Waals surface area contributed by atoms with Crippen LogP contribution >= 0.6 is 0 Å². The second kappa shape index (κ2) is 7.86. The fourth-order valence-corrected chi connectivity index (χ4v) is 3.12. The lowest BCUT2D eigenvalue weighted by molar-refractivity contribution is -0.130. The van der Waals surface area contributed by atoms with Crippen LogP contribution in [0.5, 0.6) is 17.2 Å². The number of hydrogen-bond donors (Lipinski definition) is 1. The van der Waals surface area contributed by atoms with Crippen molar-refractivity contribution in [2.45, 2.75) is 32.4 Å². The molecule has 2 aliphatic heterocycles. The molecule has 8 heteroatoms. The molecule has 6 nitrogen and oxygen atoms in total. The van der Waals surface area contributed by atoms with Crippen molar-refractivity contribution in [1.29, 1.82) is 0 Å². The molecule has 1 saturated heterocycles. The van der Waals surface area contributed by atoms with Crippen LogP contribution in [0.15, 0.2) is 12.1 Å². The Kier molecular flexibility index (Phi) is 5.57. The summed E-state index contributed by atoms with van der Waals surface area (Å²) in [6.07, 6.45) is 2.36. The average molecular weight is 356 g/mol. The number of ether oxygens (including phenoxy) is 3. The highest BCUT2D eigenvalue weighted by atomic mass is 19.3. The Morgan fingerprint density at radius 2 is 2.16 bits per heavy atom. The van der Waals surface area contributed by atoms with Crippen LogP contribution in [0.3, 0.4) is 0 Å². The van der Waals surface area contributed by atoms with Crippen LogP contribution in [0.25, 0.3) is 0 Å². The summed E-state index contributed by atoms with van der Waals surface area (Å²) in [5.41, 5.74) is 0.461. The van der Waals surface area contributed by atoms with Crippen molar-refractivity contribution < 1.29 is 27.8 Å². The third-order valence-electron chi connectivity index (χ3n) is 4.53. The molecule has 0 aliphatic carbocycles. The van der Waals surface area contributed by atoms with E-state index >= 15 is 0 Å². The summed E-state index contributed by atoms with van der Waals surface area (Å²) < 4.78 is 40.4. The maximum absolute atomic E-state index is 12.7. The largest absolute Gasteiger partial charge is 0.454 e. The minimum absolute atomic E-state index is 0.00103. The molecule has 2 aliphatic rings. The van der Waals surface area contributed by atoms with Gasteiger partial charge in [-0.3, -0.25) is 4.79 Å². The smallest absolute Gasteiger partial charge is 0.387 e. The van der Waals surface area contributed by atoms with Crippen molar-refractivity contribution in [3.8, 4) is 17.2 Å². The Morgan fingerprint density at radius 3 is 2.84 bits per heavy atom. The van der Waals surface area contributed by atoms with Crippen molar-refractivity contribution >= 4 is 5.91 Å². The van der Waals surface area contributed by atoms with E-state index in [2.05, 4.69) is 10.1 Å². The fourth-order valence-electron chi connectivity index (χ4n) is 3.12. The maximum atomic E-state index is 12.7. The summed E-state index contributed by atoms with van der Waals surface area (Å²) in [5, 5.41) is 3.28. The molecule has 1 aromatic rings. The molecule has 1 atom stereocenters. The van der Waals surface area contributed by atoms with Gasteiger partial charge in [0, 0.05) is 31.6 Å². The first-order valence-electron chi connectivity index (χ1n) is 8.35. The monoisotopic (exact) mass is 356 g/mol. The van der Waals surface area contributed by atoms with E-state index in [1.54, 1.807) is 13.1 Å². The molecule has 2 heterocycles. The third kappa shape index (κ3) is 4.50. The van der Waals surface area contributed by atoms with E-state index in [-0.39, 0.29) is 25.0 Å². The van der Waals surface area contributed by atoms with Crippen LogP contribution in [0, 0.1) is 5.92 Å². The van der Waals surface area contributed by atoms with E-state index in [9.17, 15) is 13.6 Å². The lowest BCUT2D eigenvalue weighted by atomic mass is 10.0. The first-order chi connectivity index (χ1) is 12.0. The van der Waals surface area contributed by atoms with Crippen LogP contribution in [0.1, 0.15) is 24.8 Å². The molecule has 0 radical (unpaired) electrons. The number of carbonyl (C=O) groups excluding carboxylic acids is 1. The number of rotatable bonds is 7. The minimum Gasteiger partial charge on any atom is -0.454 e. The number of carbonyl (C=O) groups is 1. The van der Waals surface area contributed by atoms with Crippen molar-refractivity contribution in [1.82, 2.24) is 10.2 Å². The summed E-state index contributed by atoms with van der Waals surface area (Å²) in [7, 11) is 1.66. The molecule has 0 spiro atoms. The topological polar surface area (TPSA) is 60.0 Å². The number of nitrogens with zero attached hydrogens (tertiary/aromatic N) is 1. The van der Waals surface area contributed by atoms with Crippen molar-refractivity contribution in [3.63, 3.8) is 0 Å². The molecule has 0 bridgehead atoms. The van der Waals surface area contributed by atoms with Crippen molar-refractivity contribution in [3.05, 3.63) is 17.7 Å². The zero-order valence-corrected chi connectivity index (χ0v) is 14.1. The predicted octanol–water partition coefficient (Wildman–Crippen LogP) is 2.36. The van der Waals surface area contributed by atoms with Crippen LogP contribution in [0.4, 0.5) is 8.78 Å². The molecule has 1 amide bonds. The number of halogens is 2. The van der Waals surface area contributed by atoms with Gasteiger partial charge in [0.15, 0.2) is 11.5 Å². The summed E-state index contributed by atoms with van der Waals surface area (Å²) in [5.74, 6) is 1.34. The highest BCUT2D eigenvalue weighted by Crippen LogP contribution is 2.39. The first-order valence-corrected chi connectivity index (χ1v) is 8.35. The number of amides is 1. The first kappa shape index (κ1) is 17.7. The van der Waals surface area contributed by atoms with Gasteiger partial charge in [-0.2, -0.15) is 8.78 Å². The lowest BCUT2D eigenvalue weighted by Crippen LogP contribution is -2.27. The molecule has 25 heavy (non-hydrogen) atoms. The lowest BCUT2D eigenvalue weighted by Gasteiger charge is -2.20. The number of benzene rings is 1. The molecular weight excluding hydrogens is 334 g/mol. The summed E-state index contributed by atoms with van der Waals surface area (Å²) in [4.78, 5) is 13.9. The van der Waals surface area contributed by atoms with Gasteiger partial charge in [-0.05, 0) is 37.9 Å². The van der Waals surface area contributed by atoms with Gasteiger partial charge in [-0.25, -0.2) is 0 Å². The third-order valence-corrected chi connectivity index (χ3v) is 4.53. The Labute approximate surface area is 145 Å². The molecule has 138 valence electrons. The van der Waals surface area contributed by atoms with Gasteiger partial charge in [0.2, 0.25) is 12.7 Å². The van der Waals surface area contributed by atoms with Gasteiger partial charge in [0.1, 0.15) is 5.75 Å². The van der Waals surface area contributed by atoms with Gasteiger partial charge < -0.3 is 24.4 Å². The number of hydrogen-bond acceptors (Lipinski definition) is 5. The van der Waals surface area contributed by atoms with Crippen LogP contribution in [0.2, 0.25) is 0 Å². The normalized spacial score (nSPS) is 18.6. The van der Waals surface area contributed by atoms with Crippen LogP contribution in [-0.4, -0.2) is 44.3 Å². The fraction of sp³-hybridized carbons (Fsp3) is 0.588. The number of alkyl halides is 2. The molecule has 0 aromatic heterocycles. The minimum atomic E-state index is -2.95. The van der Waals surface area contributed by atoms with E-state index in [4.69, 9.17) is 9.47 Å². The second-order valence-electron chi connectivity index (χ2n) is 6.34. The molecular formula is C17H22F2N2O4. The van der Waals surface area contributed by atoms with Gasteiger partial charge in [-0.1, -0.05) is 0 Å². The Bertz CT molecular complexity index is 621. The van der Waals surface area contributed by atoms with E-state index in [0.717, 1.165) is 25.9 Å². The van der Waals surface area contributed by atoms with E-state index in [0.29, 0.717) is 29.4 Å². The van der Waals surface area contributed by atoms with Crippen LogP contribution in [-0.2, 0) is 11.3 Å². The van der Waals surface area contributed by atoms with E-state index in [1.807, 2.05) is 0 Å². The average Bonchev–Trinajstić information content (AvgIpc) is 3.23. The SMILES string of the molecule is CN(Cc1cc2c(cc1OC(F)F)OCO2)C(=O)CCC1CCNC1. The predicted molar refractivity (Wildman–Crippen MR) is 85.9 cm³/mol. The molecule has 0 saturated carbocycles. The zero-order valence-electron chi connectivity index (χ0n) is 14.1. The highest BCUT2D eigenvalue weighted by molar-refractivity contribution is 5.76. The maximum Gasteiger partial charge on any atom is 0.387 e. The van der Waals surface area contributed by atoms with Crippen molar-refractivity contribution in [2.75, 3.05) is 26.9 Å². The van der Waals surface area contributed by atoms with Gasteiger partial charge in [0.05, 0.1) is 0 Å². The standard InChI is InChI=1S/C17H22F2N2O4/c1-21(16(22)3-2-11-4-5-20-8-11)9-12-6-14-15(24-10-23-14)7-13(12)25-17(18)19/h6-7,11,17,20H,2-5,8-10H2,1H3. The zero-order chi connectivity index (χ0) is 17.8. The Morgan fingerprint density at radius 1 is 1.40 bits per heavy atom. The molecule has 1 N–H and O–H groups in total. The summed E-state index contributed by atoms with van der Waals surface area (Å²) in [6.45, 7) is -0.793. The van der Waals surface area contributed by atoms with Crippen LogP contribution < -0.4 is 19.5 Å². The molecule has 1 fully saturated rings. The number of fused-ring (bicyclic) bond motifs is 1. The number of nitrogens with one attached hydrogen (secondary N) is 1. The van der Waals surface area contributed by atoms with Gasteiger partial charge in [-0.15, -0.1) is 0 Å². The Hall–Kier alpha value is -2.09. The Balaban J connectivity index is 1.64. The molecule has 1 unspecified atom stereocenters. The highest BCUT2D eigenvalue weighted by Gasteiger charge is 2.22. The molecule has 3 rings (SSSR count). The summed E-state index contributed by atoms with van der Waals surface area (Å²) in [6, 6.07) is 2.97. The van der Waals surface area contributed by atoms with Gasteiger partial charge in [0.25, 0.3) is 0 Å². The quantitative estimate of drug-likeness (QED) is 0.813. The van der Waals surface area contributed by atoms with E-state index in [1.165, 1.54) is 11.0 Å². The van der Waals surface area contributed by atoms with Gasteiger partial charge >= 0.3 is 6.61 Å².